The van der Waals surface area contributed by atoms with Gasteiger partial charge in [-0.25, -0.2) is 0 Å². The largest absolute Gasteiger partial charge is 0.486 e. The minimum Gasteiger partial charge on any atom is -0.486 e. The molecule has 4 heteroatoms. The van der Waals surface area contributed by atoms with E-state index in [-0.39, 0.29) is 0 Å². The Bertz CT molecular complexity index is 527. The van der Waals surface area contributed by atoms with Crippen LogP contribution in [-0.4, -0.2) is 18.2 Å². The summed E-state index contributed by atoms with van der Waals surface area (Å²) in [6.07, 6.45) is 1.68. The number of fused-ring (bicyclic) bond motifs is 3. The average molecular weight is 222 g/mol. The van der Waals surface area contributed by atoms with E-state index in [0.717, 1.165) is 16.7 Å². The average Bonchev–Trinajstić information content (AvgIpc) is 2.29. The van der Waals surface area contributed by atoms with Gasteiger partial charge in [0, 0.05) is 6.20 Å². The minimum absolute atomic E-state index is 0.553. The molecule has 0 aliphatic carbocycles. The SMILES string of the molecule is Clc1ccnc2ccc3c(c12)OCCO3. The molecule has 3 nitrogen and oxygen atoms in total. The smallest absolute Gasteiger partial charge is 0.172 e. The molecular formula is C11H8ClNO2. The quantitative estimate of drug-likeness (QED) is 0.686. The van der Waals surface area contributed by atoms with Gasteiger partial charge in [-0.15, -0.1) is 0 Å². The van der Waals surface area contributed by atoms with Crippen molar-refractivity contribution < 1.29 is 9.47 Å². The van der Waals surface area contributed by atoms with Crippen molar-refractivity contribution >= 4 is 22.5 Å². The van der Waals surface area contributed by atoms with E-state index in [2.05, 4.69) is 4.98 Å². The van der Waals surface area contributed by atoms with Crippen LogP contribution in [-0.2, 0) is 0 Å². The predicted octanol–water partition coefficient (Wildman–Crippen LogP) is 2.66. The Morgan fingerprint density at radius 3 is 2.93 bits per heavy atom. The summed E-state index contributed by atoms with van der Waals surface area (Å²) in [5.74, 6) is 1.44. The van der Waals surface area contributed by atoms with Crippen molar-refractivity contribution in [2.75, 3.05) is 13.2 Å². The molecule has 0 radical (unpaired) electrons. The summed E-state index contributed by atoms with van der Waals surface area (Å²) in [6.45, 7) is 1.13. The zero-order valence-electron chi connectivity index (χ0n) is 7.87. The molecular weight excluding hydrogens is 214 g/mol. The van der Waals surface area contributed by atoms with Gasteiger partial charge in [0.2, 0.25) is 0 Å². The summed E-state index contributed by atoms with van der Waals surface area (Å²) < 4.78 is 11.0. The summed E-state index contributed by atoms with van der Waals surface area (Å²) in [4.78, 5) is 4.23. The number of halogens is 1. The molecule has 0 amide bonds. The summed E-state index contributed by atoms with van der Waals surface area (Å²) >= 11 is 6.12. The van der Waals surface area contributed by atoms with Crippen molar-refractivity contribution in [3.05, 3.63) is 29.4 Å². The highest BCUT2D eigenvalue weighted by atomic mass is 35.5. The first-order chi connectivity index (χ1) is 7.36. The second-order valence-corrected chi connectivity index (χ2v) is 3.68. The topological polar surface area (TPSA) is 31.4 Å². The maximum Gasteiger partial charge on any atom is 0.172 e. The summed E-state index contributed by atoms with van der Waals surface area (Å²) in [5.41, 5.74) is 0.826. The fourth-order valence-corrected chi connectivity index (χ4v) is 1.95. The van der Waals surface area contributed by atoms with Gasteiger partial charge in [0.15, 0.2) is 11.5 Å². The van der Waals surface area contributed by atoms with Gasteiger partial charge in [0.05, 0.1) is 15.9 Å². The Kier molecular flexibility index (Phi) is 1.92. The summed E-state index contributed by atoms with van der Waals surface area (Å²) in [6, 6.07) is 5.50. The van der Waals surface area contributed by atoms with Gasteiger partial charge in [0.1, 0.15) is 13.2 Å². The number of benzene rings is 1. The van der Waals surface area contributed by atoms with Crippen molar-refractivity contribution in [1.82, 2.24) is 4.98 Å². The molecule has 0 fully saturated rings. The van der Waals surface area contributed by atoms with Gasteiger partial charge in [0.25, 0.3) is 0 Å². The lowest BCUT2D eigenvalue weighted by Gasteiger charge is -2.19. The number of hydrogen-bond acceptors (Lipinski definition) is 3. The van der Waals surface area contributed by atoms with E-state index in [1.807, 2.05) is 12.1 Å². The first-order valence-corrected chi connectivity index (χ1v) is 5.07. The molecule has 0 spiro atoms. The van der Waals surface area contributed by atoms with E-state index in [0.29, 0.717) is 24.0 Å². The first kappa shape index (κ1) is 8.80. The molecule has 0 unspecified atom stereocenters. The van der Waals surface area contributed by atoms with Crippen LogP contribution in [0.3, 0.4) is 0 Å². The van der Waals surface area contributed by atoms with Crippen LogP contribution in [0.5, 0.6) is 11.5 Å². The maximum atomic E-state index is 6.12. The zero-order valence-corrected chi connectivity index (χ0v) is 8.62. The second kappa shape index (κ2) is 3.28. The van der Waals surface area contributed by atoms with Gasteiger partial charge in [-0.2, -0.15) is 0 Å². The molecule has 76 valence electrons. The van der Waals surface area contributed by atoms with Crippen LogP contribution in [0, 0.1) is 0 Å². The van der Waals surface area contributed by atoms with E-state index in [4.69, 9.17) is 21.1 Å². The lowest BCUT2D eigenvalue weighted by molar-refractivity contribution is 0.174. The van der Waals surface area contributed by atoms with Crippen molar-refractivity contribution in [3.8, 4) is 11.5 Å². The molecule has 15 heavy (non-hydrogen) atoms. The van der Waals surface area contributed by atoms with E-state index in [9.17, 15) is 0 Å². The Labute approximate surface area is 91.6 Å². The Morgan fingerprint density at radius 2 is 2.00 bits per heavy atom. The molecule has 0 atom stereocenters. The van der Waals surface area contributed by atoms with Crippen LogP contribution in [0.1, 0.15) is 0 Å². The summed E-state index contributed by atoms with van der Waals surface area (Å²) in [5, 5.41) is 1.47. The fraction of sp³-hybridized carbons (Fsp3) is 0.182. The molecule has 0 saturated carbocycles. The van der Waals surface area contributed by atoms with Gasteiger partial charge in [-0.1, -0.05) is 11.6 Å². The van der Waals surface area contributed by atoms with E-state index in [1.165, 1.54) is 0 Å². The van der Waals surface area contributed by atoms with Crippen LogP contribution in [0.15, 0.2) is 24.4 Å². The molecule has 2 aromatic rings. The molecule has 1 aliphatic heterocycles. The molecule has 0 saturated heterocycles. The number of aromatic nitrogens is 1. The number of nitrogens with zero attached hydrogens (tertiary/aromatic N) is 1. The van der Waals surface area contributed by atoms with Crippen LogP contribution < -0.4 is 9.47 Å². The monoisotopic (exact) mass is 221 g/mol. The van der Waals surface area contributed by atoms with Crippen molar-refractivity contribution in [2.24, 2.45) is 0 Å². The highest BCUT2D eigenvalue weighted by Crippen LogP contribution is 2.40. The van der Waals surface area contributed by atoms with Crippen LogP contribution >= 0.6 is 11.6 Å². The van der Waals surface area contributed by atoms with Crippen molar-refractivity contribution in [3.63, 3.8) is 0 Å². The lowest BCUT2D eigenvalue weighted by atomic mass is 10.2. The van der Waals surface area contributed by atoms with Crippen LogP contribution in [0.4, 0.5) is 0 Å². The van der Waals surface area contributed by atoms with Gasteiger partial charge >= 0.3 is 0 Å². The Balaban J connectivity index is 2.39. The minimum atomic E-state index is 0.553. The Hall–Kier alpha value is -1.48. The lowest BCUT2D eigenvalue weighted by Crippen LogP contribution is -2.15. The second-order valence-electron chi connectivity index (χ2n) is 3.28. The zero-order chi connectivity index (χ0) is 10.3. The third-order valence-electron chi connectivity index (χ3n) is 2.36. The van der Waals surface area contributed by atoms with E-state index >= 15 is 0 Å². The summed E-state index contributed by atoms with van der Waals surface area (Å²) in [7, 11) is 0. The highest BCUT2D eigenvalue weighted by Gasteiger charge is 2.17. The highest BCUT2D eigenvalue weighted by molar-refractivity contribution is 6.36. The van der Waals surface area contributed by atoms with Crippen LogP contribution in [0.25, 0.3) is 10.9 Å². The third kappa shape index (κ3) is 1.31. The van der Waals surface area contributed by atoms with E-state index < -0.39 is 0 Å². The molecule has 2 heterocycles. The van der Waals surface area contributed by atoms with E-state index in [1.54, 1.807) is 12.3 Å². The molecule has 1 aromatic carbocycles. The third-order valence-corrected chi connectivity index (χ3v) is 2.68. The van der Waals surface area contributed by atoms with Crippen molar-refractivity contribution in [1.29, 1.82) is 0 Å². The molecule has 3 rings (SSSR count). The number of rotatable bonds is 0. The molecule has 1 aromatic heterocycles. The van der Waals surface area contributed by atoms with Crippen LogP contribution in [0.2, 0.25) is 5.02 Å². The molecule has 1 aliphatic rings. The number of pyridine rings is 1. The number of ether oxygens (including phenoxy) is 2. The molecule has 0 N–H and O–H groups in total. The Morgan fingerprint density at radius 1 is 1.13 bits per heavy atom. The predicted molar refractivity (Wildman–Crippen MR) is 57.7 cm³/mol. The van der Waals surface area contributed by atoms with Gasteiger partial charge < -0.3 is 9.47 Å². The van der Waals surface area contributed by atoms with Gasteiger partial charge in [-0.3, -0.25) is 4.98 Å². The van der Waals surface area contributed by atoms with Crippen molar-refractivity contribution in [2.45, 2.75) is 0 Å². The normalized spacial score (nSPS) is 14.2. The fourth-order valence-electron chi connectivity index (χ4n) is 1.71. The first-order valence-electron chi connectivity index (χ1n) is 4.69. The number of hydrogen-bond donors (Lipinski definition) is 0. The standard InChI is InChI=1S/C11H8ClNO2/c12-7-3-4-13-8-1-2-9-11(10(7)8)15-6-5-14-9/h1-4H,5-6H2. The maximum absolute atomic E-state index is 6.12. The van der Waals surface area contributed by atoms with Gasteiger partial charge in [-0.05, 0) is 18.2 Å². The molecule has 0 bridgehead atoms.